The van der Waals surface area contributed by atoms with Gasteiger partial charge in [-0.25, -0.2) is 0 Å². The Balaban J connectivity index is 1.97. The average Bonchev–Trinajstić information content (AvgIpc) is 2.86. The third-order valence-corrected chi connectivity index (χ3v) is 3.81. The van der Waals surface area contributed by atoms with Gasteiger partial charge in [0.2, 0.25) is 5.91 Å². The molecule has 1 saturated carbocycles. The van der Waals surface area contributed by atoms with Gasteiger partial charge in [-0.3, -0.25) is 4.79 Å². The minimum absolute atomic E-state index is 0.0304. The van der Waals surface area contributed by atoms with Crippen LogP contribution in [0.4, 0.5) is 0 Å². The molecular weight excluding hydrogens is 240 g/mol. The van der Waals surface area contributed by atoms with E-state index in [9.17, 15) is 4.79 Å². The van der Waals surface area contributed by atoms with Crippen molar-refractivity contribution in [3.63, 3.8) is 0 Å². The fourth-order valence-corrected chi connectivity index (χ4v) is 2.61. The lowest BCUT2D eigenvalue weighted by Gasteiger charge is -2.22. The topological polar surface area (TPSA) is 64.3 Å². The highest BCUT2D eigenvalue weighted by atomic mass is 16.5. The molecule has 0 bridgehead atoms. The van der Waals surface area contributed by atoms with Crippen LogP contribution in [-0.2, 0) is 22.7 Å². The van der Waals surface area contributed by atoms with Crippen LogP contribution in [0.2, 0.25) is 0 Å². The average molecular weight is 262 g/mol. The summed E-state index contributed by atoms with van der Waals surface area (Å²) in [4.78, 5) is 12.1. The van der Waals surface area contributed by atoms with Crippen molar-refractivity contribution in [3.8, 4) is 0 Å². The second-order valence-electron chi connectivity index (χ2n) is 5.25. The van der Waals surface area contributed by atoms with Crippen LogP contribution >= 0.6 is 0 Å². The Labute approximate surface area is 114 Å². The van der Waals surface area contributed by atoms with Crippen molar-refractivity contribution in [2.24, 2.45) is 5.73 Å². The van der Waals surface area contributed by atoms with Gasteiger partial charge < -0.3 is 15.8 Å². The van der Waals surface area contributed by atoms with Gasteiger partial charge in [0.1, 0.15) is 0 Å². The number of rotatable bonds is 5. The Morgan fingerprint density at radius 1 is 1.32 bits per heavy atom. The first-order valence-electron chi connectivity index (χ1n) is 6.78. The second-order valence-corrected chi connectivity index (χ2v) is 5.25. The molecule has 0 saturated heterocycles. The number of methoxy groups -OCH3 is 1. The predicted molar refractivity (Wildman–Crippen MR) is 74.4 cm³/mol. The summed E-state index contributed by atoms with van der Waals surface area (Å²) in [7, 11) is 1.67. The third kappa shape index (κ3) is 3.33. The Hall–Kier alpha value is -1.39. The number of amides is 1. The third-order valence-electron chi connectivity index (χ3n) is 3.81. The van der Waals surface area contributed by atoms with E-state index in [1.54, 1.807) is 7.11 Å². The number of nitrogens with two attached hydrogens (primary N) is 1. The van der Waals surface area contributed by atoms with Gasteiger partial charge in [0.15, 0.2) is 0 Å². The number of hydrogen-bond acceptors (Lipinski definition) is 3. The van der Waals surface area contributed by atoms with Crippen LogP contribution < -0.4 is 11.1 Å². The molecule has 1 aromatic carbocycles. The molecule has 0 radical (unpaired) electrons. The van der Waals surface area contributed by atoms with Gasteiger partial charge in [-0.05, 0) is 24.0 Å². The van der Waals surface area contributed by atoms with E-state index in [1.807, 2.05) is 24.3 Å². The predicted octanol–water partition coefficient (Wildman–Crippen LogP) is 1.72. The molecule has 0 heterocycles. The van der Waals surface area contributed by atoms with E-state index >= 15 is 0 Å². The first kappa shape index (κ1) is 14.0. The molecule has 104 valence electrons. The molecule has 0 unspecified atom stereocenters. The first-order chi connectivity index (χ1) is 9.15. The molecule has 0 aromatic heterocycles. The molecule has 4 heteroatoms. The largest absolute Gasteiger partial charge is 0.380 e. The minimum Gasteiger partial charge on any atom is -0.380 e. The van der Waals surface area contributed by atoms with Crippen LogP contribution in [0.25, 0.3) is 0 Å². The van der Waals surface area contributed by atoms with Crippen LogP contribution in [0.5, 0.6) is 0 Å². The molecule has 3 N–H and O–H groups in total. The molecule has 0 aliphatic heterocycles. The lowest BCUT2D eigenvalue weighted by molar-refractivity contribution is -0.126. The zero-order valence-electron chi connectivity index (χ0n) is 11.4. The van der Waals surface area contributed by atoms with E-state index in [4.69, 9.17) is 10.5 Å². The Bertz CT molecular complexity index is 440. The van der Waals surface area contributed by atoms with Crippen molar-refractivity contribution in [1.29, 1.82) is 0 Å². The van der Waals surface area contributed by atoms with E-state index in [0.717, 1.165) is 36.8 Å². The molecule has 0 spiro atoms. The highest BCUT2D eigenvalue weighted by Gasteiger charge is 2.36. The molecule has 19 heavy (non-hydrogen) atoms. The summed E-state index contributed by atoms with van der Waals surface area (Å²) in [6.45, 7) is 1.07. The highest BCUT2D eigenvalue weighted by Crippen LogP contribution is 2.27. The van der Waals surface area contributed by atoms with Crippen LogP contribution in [0.3, 0.4) is 0 Å². The van der Waals surface area contributed by atoms with Crippen LogP contribution in [-0.4, -0.2) is 18.6 Å². The SMILES string of the molecule is COCc1ccccc1CNC(=O)C1(N)CCCC1. The normalized spacial score (nSPS) is 17.4. The van der Waals surface area contributed by atoms with Gasteiger partial charge in [0.25, 0.3) is 0 Å². The smallest absolute Gasteiger partial charge is 0.240 e. The van der Waals surface area contributed by atoms with Gasteiger partial charge >= 0.3 is 0 Å². The first-order valence-corrected chi connectivity index (χ1v) is 6.78. The summed E-state index contributed by atoms with van der Waals surface area (Å²) in [6, 6.07) is 7.96. The lowest BCUT2D eigenvalue weighted by Crippen LogP contribution is -2.51. The number of carbonyl (C=O) groups excluding carboxylic acids is 1. The molecule has 4 nitrogen and oxygen atoms in total. The van der Waals surface area contributed by atoms with Crippen LogP contribution in [0.15, 0.2) is 24.3 Å². The molecule has 1 aliphatic carbocycles. The fourth-order valence-electron chi connectivity index (χ4n) is 2.61. The number of ether oxygens (including phenoxy) is 1. The van der Waals surface area contributed by atoms with Gasteiger partial charge in [-0.15, -0.1) is 0 Å². The Morgan fingerprint density at radius 3 is 2.58 bits per heavy atom. The molecular formula is C15H22N2O2. The maximum Gasteiger partial charge on any atom is 0.240 e. The minimum atomic E-state index is -0.657. The molecule has 1 aromatic rings. The zero-order chi connectivity index (χ0) is 13.7. The maximum atomic E-state index is 12.1. The monoisotopic (exact) mass is 262 g/mol. The van der Waals surface area contributed by atoms with E-state index in [2.05, 4.69) is 5.32 Å². The van der Waals surface area contributed by atoms with E-state index in [-0.39, 0.29) is 5.91 Å². The number of benzene rings is 1. The van der Waals surface area contributed by atoms with Crippen LogP contribution in [0, 0.1) is 0 Å². The van der Waals surface area contributed by atoms with Crippen molar-refractivity contribution < 1.29 is 9.53 Å². The summed E-state index contributed by atoms with van der Waals surface area (Å²) in [5.41, 5.74) is 7.65. The van der Waals surface area contributed by atoms with Gasteiger partial charge in [-0.2, -0.15) is 0 Å². The van der Waals surface area contributed by atoms with Crippen molar-refractivity contribution in [2.75, 3.05) is 7.11 Å². The molecule has 1 amide bonds. The van der Waals surface area contributed by atoms with Crippen molar-refractivity contribution in [1.82, 2.24) is 5.32 Å². The van der Waals surface area contributed by atoms with E-state index in [0.29, 0.717) is 13.2 Å². The summed E-state index contributed by atoms with van der Waals surface area (Å²) in [5.74, 6) is -0.0304. The van der Waals surface area contributed by atoms with Crippen molar-refractivity contribution in [3.05, 3.63) is 35.4 Å². The Kier molecular flexibility index (Phi) is 4.56. The fraction of sp³-hybridized carbons (Fsp3) is 0.533. The van der Waals surface area contributed by atoms with E-state index in [1.165, 1.54) is 0 Å². The number of carbonyl (C=O) groups is 1. The van der Waals surface area contributed by atoms with Crippen molar-refractivity contribution in [2.45, 2.75) is 44.4 Å². The quantitative estimate of drug-likeness (QED) is 0.849. The van der Waals surface area contributed by atoms with Gasteiger partial charge in [-0.1, -0.05) is 37.1 Å². The summed E-state index contributed by atoms with van der Waals surface area (Å²) in [5, 5.41) is 2.96. The number of nitrogens with one attached hydrogen (secondary N) is 1. The summed E-state index contributed by atoms with van der Waals surface area (Å²) in [6.07, 6.45) is 3.67. The zero-order valence-corrected chi connectivity index (χ0v) is 11.4. The van der Waals surface area contributed by atoms with Gasteiger partial charge in [0, 0.05) is 13.7 Å². The summed E-state index contributed by atoms with van der Waals surface area (Å²) >= 11 is 0. The highest BCUT2D eigenvalue weighted by molar-refractivity contribution is 5.86. The molecule has 1 fully saturated rings. The lowest BCUT2D eigenvalue weighted by atomic mass is 9.98. The number of hydrogen-bond donors (Lipinski definition) is 2. The molecule has 1 aliphatic rings. The molecule has 0 atom stereocenters. The standard InChI is InChI=1S/C15H22N2O2/c1-19-11-13-7-3-2-6-12(13)10-17-14(18)15(16)8-4-5-9-15/h2-3,6-7H,4-5,8-11,16H2,1H3,(H,17,18). The molecule has 2 rings (SSSR count). The van der Waals surface area contributed by atoms with Crippen LogP contribution in [0.1, 0.15) is 36.8 Å². The summed E-state index contributed by atoms with van der Waals surface area (Å²) < 4.78 is 5.16. The second kappa shape index (κ2) is 6.17. The van der Waals surface area contributed by atoms with Gasteiger partial charge in [0.05, 0.1) is 12.1 Å². The Morgan fingerprint density at radius 2 is 1.95 bits per heavy atom. The van der Waals surface area contributed by atoms with Crippen molar-refractivity contribution >= 4 is 5.91 Å². The maximum absolute atomic E-state index is 12.1. The van der Waals surface area contributed by atoms with E-state index < -0.39 is 5.54 Å².